The number of Topliss-reactive ketones (excluding diaryl/α,β-unsaturated/α-hetero) is 2. The van der Waals surface area contributed by atoms with Crippen LogP contribution in [0.4, 0.5) is 5.69 Å². The molecule has 0 amide bonds. The van der Waals surface area contributed by atoms with Crippen molar-refractivity contribution in [3.63, 3.8) is 0 Å². The van der Waals surface area contributed by atoms with Crippen molar-refractivity contribution in [2.75, 3.05) is 25.3 Å². The number of fused-ring (bicyclic) bond motifs is 3. The molecule has 3 N–H and O–H groups in total. The first-order valence-corrected chi connectivity index (χ1v) is 12.2. The zero-order chi connectivity index (χ0) is 26.0. The second kappa shape index (κ2) is 10.5. The van der Waals surface area contributed by atoms with Crippen molar-refractivity contribution in [2.45, 2.75) is 59.4 Å². The van der Waals surface area contributed by atoms with Gasteiger partial charge in [-0.15, -0.1) is 0 Å². The number of benzene rings is 2. The van der Waals surface area contributed by atoms with E-state index in [-0.39, 0.29) is 22.9 Å². The Balaban J connectivity index is 0.000000327. The molecule has 0 saturated heterocycles. The minimum absolute atomic E-state index is 0.0718. The molecule has 2 atom stereocenters. The van der Waals surface area contributed by atoms with Crippen LogP contribution in [0.2, 0.25) is 0 Å². The van der Waals surface area contributed by atoms with E-state index in [0.29, 0.717) is 32.5 Å². The first-order chi connectivity index (χ1) is 16.5. The average molecular weight is 483 g/mol. The number of hydrogen-bond acceptors (Lipinski definition) is 6. The minimum Gasteiger partial charge on any atom is -0.480 e. The molecule has 7 nitrogen and oxygen atoms in total. The molecule has 2 aromatic rings. The Labute approximate surface area is 207 Å². The van der Waals surface area contributed by atoms with Crippen LogP contribution < -0.4 is 10.6 Å². The lowest BCUT2D eigenvalue weighted by molar-refractivity contribution is -0.148. The lowest BCUT2D eigenvalue weighted by Crippen LogP contribution is -2.57. The number of anilines is 1. The summed E-state index contributed by atoms with van der Waals surface area (Å²) in [7, 11) is 1.65. The van der Waals surface area contributed by atoms with Gasteiger partial charge in [0.1, 0.15) is 29.8 Å². The average Bonchev–Trinajstić information content (AvgIpc) is 2.81. The Kier molecular flexibility index (Phi) is 8.02. The van der Waals surface area contributed by atoms with Gasteiger partial charge in [-0.3, -0.25) is 14.4 Å². The predicted octanol–water partition coefficient (Wildman–Crippen LogP) is 4.20. The maximum Gasteiger partial charge on any atom is 0.320 e. The van der Waals surface area contributed by atoms with Gasteiger partial charge in [0, 0.05) is 32.2 Å². The van der Waals surface area contributed by atoms with E-state index in [1.807, 2.05) is 39.8 Å². The molecule has 0 bridgehead atoms. The Bertz CT molecular complexity index is 1090. The number of aliphatic carboxylic acids is 1. The van der Waals surface area contributed by atoms with Crippen molar-refractivity contribution in [1.29, 1.82) is 0 Å². The molecule has 1 spiro atoms. The summed E-state index contributed by atoms with van der Waals surface area (Å²) in [5.74, 6) is -0.677. The number of methoxy groups -OCH3 is 1. The standard InChI is InChI=1S/C22H25NO3.C6H13NO2/c1-21(2)11-19(24)22(20(25)12-21)10-17-16-7-5-4-6-15(16)8-9-18(17)23(13-22)14-26-3;1-3-4(2)5(7)6(8)9/h4-9H,10-14H2,1-3H3;4-5H,3,7H2,1-2H3,(H,8,9)/t;4-,5-/m.0/s1. The third-order valence-corrected chi connectivity index (χ3v) is 7.47. The van der Waals surface area contributed by atoms with Crippen LogP contribution in [0.1, 0.15) is 52.5 Å². The van der Waals surface area contributed by atoms with E-state index < -0.39 is 17.4 Å². The van der Waals surface area contributed by atoms with Gasteiger partial charge < -0.3 is 20.5 Å². The fraction of sp³-hybridized carbons (Fsp3) is 0.536. The molecular formula is C28H38N2O5. The van der Waals surface area contributed by atoms with Gasteiger partial charge in [0.25, 0.3) is 0 Å². The van der Waals surface area contributed by atoms with Crippen LogP contribution in [-0.4, -0.2) is 49.1 Å². The molecular weight excluding hydrogens is 444 g/mol. The highest BCUT2D eigenvalue weighted by Crippen LogP contribution is 2.48. The summed E-state index contributed by atoms with van der Waals surface area (Å²) in [5, 5.41) is 10.6. The van der Waals surface area contributed by atoms with Gasteiger partial charge in [0.05, 0.1) is 0 Å². The fourth-order valence-electron chi connectivity index (χ4n) is 5.14. The Morgan fingerprint density at radius 1 is 1.11 bits per heavy atom. The molecule has 1 heterocycles. The second-order valence-electron chi connectivity index (χ2n) is 10.8. The number of ether oxygens (including phenoxy) is 1. The normalized spacial score (nSPS) is 20.1. The number of ketones is 2. The van der Waals surface area contributed by atoms with E-state index >= 15 is 0 Å². The number of rotatable bonds is 5. The zero-order valence-corrected chi connectivity index (χ0v) is 21.5. The number of carbonyl (C=O) groups excluding carboxylic acids is 2. The van der Waals surface area contributed by atoms with Crippen LogP contribution in [-0.2, 0) is 25.5 Å². The van der Waals surface area contributed by atoms with Crippen LogP contribution in [0, 0.1) is 16.7 Å². The van der Waals surface area contributed by atoms with Crippen molar-refractivity contribution in [3.05, 3.63) is 42.0 Å². The number of nitrogens with two attached hydrogens (primary N) is 1. The van der Waals surface area contributed by atoms with Gasteiger partial charge in [-0.2, -0.15) is 0 Å². The summed E-state index contributed by atoms with van der Waals surface area (Å²) in [6.45, 7) is 8.56. The molecule has 35 heavy (non-hydrogen) atoms. The van der Waals surface area contributed by atoms with E-state index in [1.54, 1.807) is 7.11 Å². The van der Waals surface area contributed by atoms with Crippen molar-refractivity contribution >= 4 is 34.0 Å². The zero-order valence-electron chi connectivity index (χ0n) is 21.5. The molecule has 1 aliphatic heterocycles. The first-order valence-electron chi connectivity index (χ1n) is 12.2. The summed E-state index contributed by atoms with van der Waals surface area (Å²) >= 11 is 0. The molecule has 0 aromatic heterocycles. The molecule has 2 aromatic carbocycles. The minimum atomic E-state index is -0.939. The molecule has 7 heteroatoms. The lowest BCUT2D eigenvalue weighted by atomic mass is 9.60. The topological polar surface area (TPSA) is 110 Å². The van der Waals surface area contributed by atoms with E-state index in [4.69, 9.17) is 15.6 Å². The van der Waals surface area contributed by atoms with E-state index in [0.717, 1.165) is 28.4 Å². The van der Waals surface area contributed by atoms with Crippen LogP contribution in [0.25, 0.3) is 10.8 Å². The van der Waals surface area contributed by atoms with E-state index in [2.05, 4.69) is 29.2 Å². The molecule has 2 aliphatic rings. The summed E-state index contributed by atoms with van der Waals surface area (Å²) in [5.41, 5.74) is 6.25. The Morgan fingerprint density at radius 3 is 2.29 bits per heavy atom. The largest absolute Gasteiger partial charge is 0.480 e. The van der Waals surface area contributed by atoms with Crippen molar-refractivity contribution in [2.24, 2.45) is 22.5 Å². The number of carbonyl (C=O) groups is 3. The molecule has 0 unspecified atom stereocenters. The molecule has 1 saturated carbocycles. The summed E-state index contributed by atoms with van der Waals surface area (Å²) < 4.78 is 5.40. The maximum absolute atomic E-state index is 13.2. The quantitative estimate of drug-likeness (QED) is 0.615. The lowest BCUT2D eigenvalue weighted by Gasteiger charge is -2.47. The molecule has 1 aliphatic carbocycles. The van der Waals surface area contributed by atoms with Crippen LogP contribution in [0.3, 0.4) is 0 Å². The van der Waals surface area contributed by atoms with Crippen LogP contribution >= 0.6 is 0 Å². The van der Waals surface area contributed by atoms with Gasteiger partial charge in [0.15, 0.2) is 0 Å². The van der Waals surface area contributed by atoms with Crippen molar-refractivity contribution in [3.8, 4) is 0 Å². The molecule has 1 fully saturated rings. The summed E-state index contributed by atoms with van der Waals surface area (Å²) in [6.07, 6.45) is 2.23. The van der Waals surface area contributed by atoms with Gasteiger partial charge in [-0.25, -0.2) is 0 Å². The monoisotopic (exact) mass is 482 g/mol. The van der Waals surface area contributed by atoms with Gasteiger partial charge in [-0.1, -0.05) is 64.4 Å². The number of carboxylic acid groups (broad SMARTS) is 1. The third kappa shape index (κ3) is 5.41. The number of carboxylic acids is 1. The van der Waals surface area contributed by atoms with E-state index in [1.165, 1.54) is 0 Å². The first kappa shape index (κ1) is 26.8. The highest BCUT2D eigenvalue weighted by Gasteiger charge is 2.54. The highest BCUT2D eigenvalue weighted by molar-refractivity contribution is 6.11. The number of nitrogens with zero attached hydrogens (tertiary/aromatic N) is 1. The van der Waals surface area contributed by atoms with Crippen LogP contribution in [0.15, 0.2) is 36.4 Å². The van der Waals surface area contributed by atoms with Gasteiger partial charge in [0.2, 0.25) is 0 Å². The molecule has 0 radical (unpaired) electrons. The Hall–Kier alpha value is -2.77. The maximum atomic E-state index is 13.2. The van der Waals surface area contributed by atoms with Gasteiger partial charge >= 0.3 is 5.97 Å². The molecule has 190 valence electrons. The summed E-state index contributed by atoms with van der Waals surface area (Å²) in [6, 6.07) is 11.7. The second-order valence-corrected chi connectivity index (χ2v) is 10.8. The van der Waals surface area contributed by atoms with Crippen LogP contribution in [0.5, 0.6) is 0 Å². The fourth-order valence-corrected chi connectivity index (χ4v) is 5.14. The molecule has 4 rings (SSSR count). The van der Waals surface area contributed by atoms with E-state index in [9.17, 15) is 14.4 Å². The van der Waals surface area contributed by atoms with Gasteiger partial charge in [-0.05, 0) is 40.2 Å². The number of hydrogen-bond donors (Lipinski definition) is 2. The third-order valence-electron chi connectivity index (χ3n) is 7.47. The SMILES string of the molecule is CC[C@H](C)[C@H](N)C(=O)O.COCN1CC2(Cc3c1ccc1ccccc31)C(=O)CC(C)(C)CC2=O. The van der Waals surface area contributed by atoms with Crippen molar-refractivity contribution in [1.82, 2.24) is 0 Å². The Morgan fingerprint density at radius 2 is 1.74 bits per heavy atom. The van der Waals surface area contributed by atoms with Crippen molar-refractivity contribution < 1.29 is 24.2 Å². The predicted molar refractivity (Wildman–Crippen MR) is 137 cm³/mol. The summed E-state index contributed by atoms with van der Waals surface area (Å²) in [4.78, 5) is 38.6. The highest BCUT2D eigenvalue weighted by atomic mass is 16.5. The smallest absolute Gasteiger partial charge is 0.320 e.